The first-order valence-electron chi connectivity index (χ1n) is 8.37. The van der Waals surface area contributed by atoms with Crippen LogP contribution in [-0.4, -0.2) is 54.0 Å². The van der Waals surface area contributed by atoms with Crippen molar-refractivity contribution >= 4 is 33.0 Å². The van der Waals surface area contributed by atoms with E-state index in [4.69, 9.17) is 16.0 Å². The van der Waals surface area contributed by atoms with Crippen molar-refractivity contribution in [2.45, 2.75) is 11.4 Å². The molecule has 0 N–H and O–H groups in total. The Balaban J connectivity index is 1.39. The Morgan fingerprint density at radius 3 is 2.56 bits per heavy atom. The molecule has 27 heavy (non-hydrogen) atoms. The normalized spacial score (nSPS) is 16.6. The maximum atomic E-state index is 12.8. The molecule has 7 nitrogen and oxygen atoms in total. The van der Waals surface area contributed by atoms with Gasteiger partial charge in [0, 0.05) is 26.2 Å². The molecule has 0 unspecified atom stereocenters. The van der Waals surface area contributed by atoms with Gasteiger partial charge in [0.2, 0.25) is 15.9 Å². The number of hydrogen-bond donors (Lipinski definition) is 0. The van der Waals surface area contributed by atoms with E-state index in [0.29, 0.717) is 44.5 Å². The van der Waals surface area contributed by atoms with Crippen molar-refractivity contribution in [2.75, 3.05) is 26.2 Å². The van der Waals surface area contributed by atoms with Crippen LogP contribution < -0.4 is 0 Å². The third kappa shape index (κ3) is 3.92. The van der Waals surface area contributed by atoms with E-state index in [9.17, 15) is 8.42 Å². The summed E-state index contributed by atoms with van der Waals surface area (Å²) in [4.78, 5) is 3.19. The van der Waals surface area contributed by atoms with Gasteiger partial charge < -0.3 is 4.42 Å². The van der Waals surface area contributed by atoms with Gasteiger partial charge >= 0.3 is 0 Å². The molecule has 3 heterocycles. The van der Waals surface area contributed by atoms with E-state index in [2.05, 4.69) is 15.1 Å². The number of thiophene rings is 1. The Hall–Kier alpha value is -1.78. The van der Waals surface area contributed by atoms with Crippen molar-refractivity contribution in [1.82, 2.24) is 19.4 Å². The smallest absolute Gasteiger partial charge is 0.257 e. The van der Waals surface area contributed by atoms with Gasteiger partial charge in [0.15, 0.2) is 0 Å². The molecular formula is C17H17ClN4O3S2. The lowest BCUT2D eigenvalue weighted by Crippen LogP contribution is -2.48. The average Bonchev–Trinajstić information content (AvgIpc) is 3.34. The number of sulfonamides is 1. The maximum absolute atomic E-state index is 12.8. The van der Waals surface area contributed by atoms with Crippen molar-refractivity contribution in [1.29, 1.82) is 0 Å². The van der Waals surface area contributed by atoms with Crippen molar-refractivity contribution in [3.63, 3.8) is 0 Å². The molecule has 3 aromatic rings. The van der Waals surface area contributed by atoms with Gasteiger partial charge in [-0.25, -0.2) is 8.42 Å². The second-order valence-corrected chi connectivity index (χ2v) is 9.35. The molecule has 1 fully saturated rings. The van der Waals surface area contributed by atoms with Crippen molar-refractivity contribution in [3.05, 3.63) is 52.7 Å². The Labute approximate surface area is 166 Å². The largest absolute Gasteiger partial charge is 0.419 e. The summed E-state index contributed by atoms with van der Waals surface area (Å²) < 4.78 is 32.8. The van der Waals surface area contributed by atoms with E-state index in [0.717, 1.165) is 4.88 Å². The van der Waals surface area contributed by atoms with Crippen LogP contribution in [0.2, 0.25) is 5.02 Å². The zero-order valence-corrected chi connectivity index (χ0v) is 16.7. The molecule has 0 radical (unpaired) electrons. The Morgan fingerprint density at radius 2 is 1.85 bits per heavy atom. The summed E-state index contributed by atoms with van der Waals surface area (Å²) in [6, 6.07) is 10.4. The highest BCUT2D eigenvalue weighted by atomic mass is 35.5. The van der Waals surface area contributed by atoms with Crippen LogP contribution >= 0.6 is 22.9 Å². The second-order valence-electron chi connectivity index (χ2n) is 6.09. The fourth-order valence-electron chi connectivity index (χ4n) is 2.93. The standard InChI is InChI=1S/C17H17ClN4O3S2/c18-13-4-1-2-6-15(13)27(23,24)22-9-7-21(8-10-22)12-16-19-20-17(25-16)14-5-3-11-26-14/h1-6,11H,7-10,12H2. The van der Waals surface area contributed by atoms with Crippen molar-refractivity contribution < 1.29 is 12.8 Å². The molecule has 1 aliphatic heterocycles. The third-order valence-corrected chi connectivity index (χ3v) is 7.60. The Kier molecular flexibility index (Phi) is 5.29. The summed E-state index contributed by atoms with van der Waals surface area (Å²) in [5.41, 5.74) is 0. The van der Waals surface area contributed by atoms with Crippen LogP contribution in [0.5, 0.6) is 0 Å². The molecule has 0 aliphatic carbocycles. The van der Waals surface area contributed by atoms with Crippen molar-refractivity contribution in [3.8, 4) is 10.8 Å². The topological polar surface area (TPSA) is 79.5 Å². The predicted molar refractivity (Wildman–Crippen MR) is 103 cm³/mol. The fraction of sp³-hybridized carbons (Fsp3) is 0.294. The number of aromatic nitrogens is 2. The summed E-state index contributed by atoms with van der Waals surface area (Å²) in [5, 5.41) is 10.4. The Bertz CT molecular complexity index is 1010. The molecule has 0 spiro atoms. The number of hydrogen-bond acceptors (Lipinski definition) is 7. The molecule has 4 rings (SSSR count). The first kappa shape index (κ1) is 18.6. The van der Waals surface area contributed by atoms with Crippen LogP contribution in [0.4, 0.5) is 0 Å². The SMILES string of the molecule is O=S(=O)(c1ccccc1Cl)N1CCN(Cc2nnc(-c3cccs3)o2)CC1. The van der Waals surface area contributed by atoms with E-state index in [1.807, 2.05) is 17.5 Å². The summed E-state index contributed by atoms with van der Waals surface area (Å²) in [5.74, 6) is 1.04. The molecular weight excluding hydrogens is 408 g/mol. The predicted octanol–water partition coefficient (Wildman–Crippen LogP) is 2.96. The highest BCUT2D eigenvalue weighted by molar-refractivity contribution is 7.89. The molecule has 0 amide bonds. The minimum Gasteiger partial charge on any atom is -0.419 e. The molecule has 0 saturated carbocycles. The van der Waals surface area contributed by atoms with Gasteiger partial charge in [-0.05, 0) is 23.6 Å². The molecule has 1 aromatic carbocycles. The first-order valence-corrected chi connectivity index (χ1v) is 11.1. The summed E-state index contributed by atoms with van der Waals surface area (Å²) in [6.07, 6.45) is 0. The van der Waals surface area contributed by atoms with E-state index in [-0.39, 0.29) is 9.92 Å². The van der Waals surface area contributed by atoms with Crippen LogP contribution in [-0.2, 0) is 16.6 Å². The zero-order chi connectivity index (χ0) is 18.9. The number of piperazine rings is 1. The summed E-state index contributed by atoms with van der Waals surface area (Å²) >= 11 is 7.61. The molecule has 0 atom stereocenters. The summed E-state index contributed by atoms with van der Waals surface area (Å²) in [6.45, 7) is 2.44. The summed E-state index contributed by atoms with van der Waals surface area (Å²) in [7, 11) is -3.59. The van der Waals surface area contributed by atoms with E-state index < -0.39 is 10.0 Å². The van der Waals surface area contributed by atoms with E-state index >= 15 is 0 Å². The molecule has 10 heteroatoms. The lowest BCUT2D eigenvalue weighted by molar-refractivity contribution is 0.168. The van der Waals surface area contributed by atoms with E-state index in [1.165, 1.54) is 10.4 Å². The van der Waals surface area contributed by atoms with Crippen LogP contribution in [0.15, 0.2) is 51.1 Å². The second kappa shape index (κ2) is 7.69. The van der Waals surface area contributed by atoms with Crippen LogP contribution in [0.3, 0.4) is 0 Å². The highest BCUT2D eigenvalue weighted by Crippen LogP contribution is 2.26. The van der Waals surface area contributed by atoms with Gasteiger partial charge in [0.1, 0.15) is 4.90 Å². The molecule has 1 aliphatic rings. The zero-order valence-electron chi connectivity index (χ0n) is 14.3. The number of benzene rings is 1. The third-order valence-electron chi connectivity index (χ3n) is 4.34. The molecule has 142 valence electrons. The van der Waals surface area contributed by atoms with Gasteiger partial charge in [-0.3, -0.25) is 4.90 Å². The van der Waals surface area contributed by atoms with E-state index in [1.54, 1.807) is 29.5 Å². The van der Waals surface area contributed by atoms with Gasteiger partial charge in [-0.15, -0.1) is 21.5 Å². The van der Waals surface area contributed by atoms with Crippen LogP contribution in [0.1, 0.15) is 5.89 Å². The lowest BCUT2D eigenvalue weighted by atomic mass is 10.3. The molecule has 1 saturated heterocycles. The quantitative estimate of drug-likeness (QED) is 0.626. The minimum atomic E-state index is -3.59. The van der Waals surface area contributed by atoms with Crippen LogP contribution in [0, 0.1) is 0 Å². The monoisotopic (exact) mass is 424 g/mol. The average molecular weight is 425 g/mol. The number of rotatable bonds is 5. The van der Waals surface area contributed by atoms with Gasteiger partial charge in [-0.1, -0.05) is 29.8 Å². The maximum Gasteiger partial charge on any atom is 0.257 e. The highest BCUT2D eigenvalue weighted by Gasteiger charge is 2.30. The van der Waals surface area contributed by atoms with Gasteiger partial charge in [-0.2, -0.15) is 4.31 Å². The van der Waals surface area contributed by atoms with Crippen molar-refractivity contribution in [2.24, 2.45) is 0 Å². The Morgan fingerprint density at radius 1 is 1.07 bits per heavy atom. The number of nitrogens with zero attached hydrogens (tertiary/aromatic N) is 4. The minimum absolute atomic E-state index is 0.151. The molecule has 2 aromatic heterocycles. The lowest BCUT2D eigenvalue weighted by Gasteiger charge is -2.33. The van der Waals surface area contributed by atoms with Crippen LogP contribution in [0.25, 0.3) is 10.8 Å². The first-order chi connectivity index (χ1) is 13.0. The fourth-order valence-corrected chi connectivity index (χ4v) is 5.49. The van der Waals surface area contributed by atoms with Gasteiger partial charge in [0.05, 0.1) is 16.4 Å². The number of halogens is 1. The van der Waals surface area contributed by atoms with Gasteiger partial charge in [0.25, 0.3) is 5.89 Å². The molecule has 0 bridgehead atoms.